The Morgan fingerprint density at radius 3 is 2.35 bits per heavy atom. The lowest BCUT2D eigenvalue weighted by Gasteiger charge is -2.40. The van der Waals surface area contributed by atoms with E-state index < -0.39 is 6.10 Å². The van der Waals surface area contributed by atoms with Crippen molar-refractivity contribution >= 4 is 11.6 Å². The monoisotopic (exact) mass is 356 g/mol. The van der Waals surface area contributed by atoms with E-state index in [2.05, 4.69) is 56.9 Å². The summed E-state index contributed by atoms with van der Waals surface area (Å²) in [5.74, 6) is 0.279. The summed E-state index contributed by atoms with van der Waals surface area (Å²) < 4.78 is 0. The molecule has 1 N–H and O–H groups in total. The van der Waals surface area contributed by atoms with Gasteiger partial charge < -0.3 is 14.9 Å². The molecule has 2 saturated carbocycles. The van der Waals surface area contributed by atoms with E-state index >= 15 is 0 Å². The number of carbonyl (C=O) groups excluding carboxylic acids is 1. The zero-order valence-electron chi connectivity index (χ0n) is 16.5. The quantitative estimate of drug-likeness (QED) is 0.886. The van der Waals surface area contributed by atoms with E-state index in [4.69, 9.17) is 0 Å². The first-order chi connectivity index (χ1) is 12.3. The number of nitrogens with zero attached hydrogens (tertiary/aromatic N) is 2. The molecular weight excluding hydrogens is 324 g/mol. The molecule has 1 amide bonds. The second-order valence-corrected chi connectivity index (χ2v) is 9.35. The van der Waals surface area contributed by atoms with Gasteiger partial charge in [0.2, 0.25) is 5.91 Å². The Labute approximate surface area is 157 Å². The van der Waals surface area contributed by atoms with Gasteiger partial charge >= 0.3 is 0 Å². The van der Waals surface area contributed by atoms with Crippen molar-refractivity contribution in [3.05, 3.63) is 29.8 Å². The SMILES string of the molecule is Cc1ccccc1N1CCN(C(=O)C2C3CCC(C)(C2O)C3(C)C)CC1. The van der Waals surface area contributed by atoms with Gasteiger partial charge in [-0.15, -0.1) is 0 Å². The van der Waals surface area contributed by atoms with Crippen molar-refractivity contribution in [1.29, 1.82) is 0 Å². The molecule has 0 aromatic heterocycles. The fourth-order valence-corrected chi connectivity index (χ4v) is 5.94. The molecule has 1 heterocycles. The third kappa shape index (κ3) is 2.34. The molecule has 0 spiro atoms. The van der Waals surface area contributed by atoms with E-state index in [1.807, 2.05) is 4.90 Å². The van der Waals surface area contributed by atoms with Crippen LogP contribution in [0.5, 0.6) is 0 Å². The fraction of sp³-hybridized carbons (Fsp3) is 0.682. The van der Waals surface area contributed by atoms with E-state index in [9.17, 15) is 9.90 Å². The van der Waals surface area contributed by atoms with Crippen molar-refractivity contribution in [2.45, 2.75) is 46.6 Å². The zero-order chi connectivity index (χ0) is 18.7. The number of amides is 1. The van der Waals surface area contributed by atoms with Gasteiger partial charge in [0.05, 0.1) is 12.0 Å². The molecule has 3 aliphatic rings. The summed E-state index contributed by atoms with van der Waals surface area (Å²) in [6.45, 7) is 12.0. The summed E-state index contributed by atoms with van der Waals surface area (Å²) in [5, 5.41) is 11.0. The Bertz CT molecular complexity index is 708. The molecule has 1 aliphatic heterocycles. The minimum Gasteiger partial charge on any atom is -0.392 e. The van der Waals surface area contributed by atoms with Crippen LogP contribution in [0.3, 0.4) is 0 Å². The summed E-state index contributed by atoms with van der Waals surface area (Å²) in [7, 11) is 0. The van der Waals surface area contributed by atoms with Crippen LogP contribution in [0.4, 0.5) is 5.69 Å². The third-order valence-corrected chi connectivity index (χ3v) is 8.13. The highest BCUT2D eigenvalue weighted by Gasteiger charge is 2.67. The molecule has 4 heteroatoms. The maximum atomic E-state index is 13.3. The molecule has 3 fully saturated rings. The summed E-state index contributed by atoms with van der Waals surface area (Å²) in [4.78, 5) is 17.7. The Morgan fingerprint density at radius 2 is 1.77 bits per heavy atom. The first-order valence-electron chi connectivity index (χ1n) is 10.0. The normalized spacial score (nSPS) is 35.8. The van der Waals surface area contributed by atoms with E-state index in [-0.39, 0.29) is 22.7 Å². The van der Waals surface area contributed by atoms with Gasteiger partial charge in [0, 0.05) is 31.9 Å². The number of aliphatic hydroxyl groups excluding tert-OH is 1. The molecule has 26 heavy (non-hydrogen) atoms. The van der Waals surface area contributed by atoms with E-state index in [1.54, 1.807) is 0 Å². The number of piperazine rings is 1. The lowest BCUT2D eigenvalue weighted by atomic mass is 9.70. The number of aliphatic hydroxyl groups is 1. The number of benzene rings is 1. The third-order valence-electron chi connectivity index (χ3n) is 8.13. The molecule has 0 radical (unpaired) electrons. The summed E-state index contributed by atoms with van der Waals surface area (Å²) in [6.07, 6.45) is 1.61. The number of hydrogen-bond donors (Lipinski definition) is 1. The van der Waals surface area contributed by atoms with Crippen molar-refractivity contribution in [3.8, 4) is 0 Å². The van der Waals surface area contributed by atoms with E-state index in [0.717, 1.165) is 39.0 Å². The van der Waals surface area contributed by atoms with Gasteiger partial charge in [-0.1, -0.05) is 39.0 Å². The van der Waals surface area contributed by atoms with Crippen molar-refractivity contribution < 1.29 is 9.90 Å². The highest BCUT2D eigenvalue weighted by molar-refractivity contribution is 5.81. The molecule has 1 aromatic rings. The average molecular weight is 357 g/mol. The number of hydrogen-bond acceptors (Lipinski definition) is 3. The molecule has 142 valence electrons. The van der Waals surface area contributed by atoms with Gasteiger partial charge in [-0.3, -0.25) is 4.79 Å². The summed E-state index contributed by atoms with van der Waals surface area (Å²) in [6, 6.07) is 8.45. The number of aryl methyl sites for hydroxylation is 1. The van der Waals surface area contributed by atoms with Crippen molar-refractivity contribution in [1.82, 2.24) is 4.90 Å². The molecule has 4 rings (SSSR count). The Morgan fingerprint density at radius 1 is 1.12 bits per heavy atom. The van der Waals surface area contributed by atoms with E-state index in [0.29, 0.717) is 5.92 Å². The first kappa shape index (κ1) is 17.8. The first-order valence-corrected chi connectivity index (χ1v) is 10.0. The van der Waals surface area contributed by atoms with Crippen LogP contribution in [-0.2, 0) is 4.79 Å². The number of rotatable bonds is 2. The smallest absolute Gasteiger partial charge is 0.228 e. The van der Waals surface area contributed by atoms with Gasteiger partial charge in [0.1, 0.15) is 0 Å². The van der Waals surface area contributed by atoms with Crippen LogP contribution in [0.2, 0.25) is 0 Å². The van der Waals surface area contributed by atoms with Crippen LogP contribution in [-0.4, -0.2) is 48.2 Å². The van der Waals surface area contributed by atoms with Crippen molar-refractivity contribution in [2.24, 2.45) is 22.7 Å². The molecule has 1 aromatic carbocycles. The fourth-order valence-electron chi connectivity index (χ4n) is 5.94. The second kappa shape index (κ2) is 5.98. The van der Waals surface area contributed by atoms with Crippen LogP contribution in [0, 0.1) is 29.6 Å². The van der Waals surface area contributed by atoms with Gasteiger partial charge in [-0.05, 0) is 48.1 Å². The van der Waals surface area contributed by atoms with Gasteiger partial charge in [0.15, 0.2) is 0 Å². The molecular formula is C22H32N2O2. The average Bonchev–Trinajstić information content (AvgIpc) is 2.94. The Kier molecular flexibility index (Phi) is 4.11. The standard InChI is InChI=1S/C22H32N2O2/c1-15-7-5-6-8-17(15)23-11-13-24(14-12-23)20(26)18-16-9-10-22(4,19(18)25)21(16,2)3/h5-8,16,18-19,25H,9-14H2,1-4H3. The van der Waals surface area contributed by atoms with Crippen LogP contribution in [0.1, 0.15) is 39.2 Å². The summed E-state index contributed by atoms with van der Waals surface area (Å²) in [5.41, 5.74) is 2.47. The van der Waals surface area contributed by atoms with E-state index in [1.165, 1.54) is 11.3 Å². The van der Waals surface area contributed by atoms with Gasteiger partial charge in [-0.2, -0.15) is 0 Å². The maximum absolute atomic E-state index is 13.3. The summed E-state index contributed by atoms with van der Waals surface area (Å²) >= 11 is 0. The van der Waals surface area contributed by atoms with Crippen LogP contribution in [0.15, 0.2) is 24.3 Å². The molecule has 2 aliphatic carbocycles. The molecule has 4 atom stereocenters. The Hall–Kier alpha value is -1.55. The van der Waals surface area contributed by atoms with Crippen molar-refractivity contribution in [3.63, 3.8) is 0 Å². The largest absolute Gasteiger partial charge is 0.392 e. The van der Waals surface area contributed by atoms with Crippen molar-refractivity contribution in [2.75, 3.05) is 31.1 Å². The van der Waals surface area contributed by atoms with Crippen LogP contribution < -0.4 is 4.90 Å². The minimum absolute atomic E-state index is 0.0374. The second-order valence-electron chi connectivity index (χ2n) is 9.35. The maximum Gasteiger partial charge on any atom is 0.228 e. The Balaban J connectivity index is 1.46. The topological polar surface area (TPSA) is 43.8 Å². The lowest BCUT2D eigenvalue weighted by Crippen LogP contribution is -2.53. The lowest BCUT2D eigenvalue weighted by molar-refractivity contribution is -0.143. The van der Waals surface area contributed by atoms with Crippen LogP contribution in [0.25, 0.3) is 0 Å². The highest BCUT2D eigenvalue weighted by Crippen LogP contribution is 2.67. The number of para-hydroxylation sites is 1. The molecule has 1 saturated heterocycles. The van der Waals surface area contributed by atoms with Crippen LogP contribution >= 0.6 is 0 Å². The van der Waals surface area contributed by atoms with Gasteiger partial charge in [-0.25, -0.2) is 0 Å². The highest BCUT2D eigenvalue weighted by atomic mass is 16.3. The molecule has 4 nitrogen and oxygen atoms in total. The minimum atomic E-state index is -0.502. The predicted molar refractivity (Wildman–Crippen MR) is 104 cm³/mol. The van der Waals surface area contributed by atoms with Gasteiger partial charge in [0.25, 0.3) is 0 Å². The number of carbonyl (C=O) groups is 1. The zero-order valence-corrected chi connectivity index (χ0v) is 16.5. The number of fused-ring (bicyclic) bond motifs is 2. The molecule has 2 bridgehead atoms. The molecule has 4 unspecified atom stereocenters. The number of anilines is 1. The predicted octanol–water partition coefficient (Wildman–Crippen LogP) is 3.08.